The Bertz CT molecular complexity index is 579. The third-order valence-electron chi connectivity index (χ3n) is 2.30. The lowest BCUT2D eigenvalue weighted by atomic mass is 10.4. The van der Waals surface area contributed by atoms with E-state index in [2.05, 4.69) is 10.1 Å². The van der Waals surface area contributed by atoms with Crippen LogP contribution in [0.5, 0.6) is 5.88 Å². The number of nitrogens with one attached hydrogen (secondary N) is 1. The van der Waals surface area contributed by atoms with Crippen molar-refractivity contribution in [2.24, 2.45) is 0 Å². The Morgan fingerprint density at radius 1 is 1.17 bits per heavy atom. The molecule has 0 fully saturated rings. The number of benzene rings is 1. The maximum atomic E-state index is 5.84. The average molecular weight is 299 g/mol. The number of hydrogen-bond acceptors (Lipinski definition) is 3. The van der Waals surface area contributed by atoms with Crippen molar-refractivity contribution in [3.05, 3.63) is 53.7 Å². The topological polar surface area (TPSA) is 34.1 Å². The molecule has 0 spiro atoms. The molecule has 0 bridgehead atoms. The highest BCUT2D eigenvalue weighted by Gasteiger charge is 2.20. The van der Waals surface area contributed by atoms with Gasteiger partial charge in [-0.25, -0.2) is 4.98 Å². The van der Waals surface area contributed by atoms with E-state index in [-0.39, 0.29) is 0 Å². The smallest absolute Gasteiger partial charge is 0.219 e. The minimum Gasteiger partial charge on any atom is -0.432 e. The van der Waals surface area contributed by atoms with E-state index >= 15 is 0 Å². The molecule has 1 aromatic carbocycles. The van der Waals surface area contributed by atoms with E-state index in [0.29, 0.717) is 11.0 Å². The number of aromatic nitrogens is 1. The molecule has 1 atom stereocenters. The molecule has 6 heteroatoms. The van der Waals surface area contributed by atoms with Crippen molar-refractivity contribution in [2.75, 3.05) is 7.05 Å². The van der Waals surface area contributed by atoms with Gasteiger partial charge in [0.2, 0.25) is 12.3 Å². The lowest BCUT2D eigenvalue weighted by Gasteiger charge is -2.21. The summed E-state index contributed by atoms with van der Waals surface area (Å²) in [5.41, 5.74) is 0. The zero-order chi connectivity index (χ0) is 13.0. The maximum absolute atomic E-state index is 5.84. The zero-order valence-electron chi connectivity index (χ0n) is 9.71. The van der Waals surface area contributed by atoms with Crippen LogP contribution < -0.4 is 14.9 Å². The van der Waals surface area contributed by atoms with Crippen molar-refractivity contribution in [2.45, 2.75) is 0 Å². The summed E-state index contributed by atoms with van der Waals surface area (Å²) in [6.07, 6.45) is -2.33. The normalized spacial score (nSPS) is 13.9. The summed E-state index contributed by atoms with van der Waals surface area (Å²) in [6.45, 7) is 0. The molecule has 3 nitrogen and oxygen atoms in total. The molecular weight excluding hydrogens is 287 g/mol. The number of halogens is 1. The minimum atomic E-state index is -2.33. The van der Waals surface area contributed by atoms with Gasteiger partial charge in [-0.3, -0.25) is 5.09 Å². The van der Waals surface area contributed by atoms with Crippen molar-refractivity contribution in [3.63, 3.8) is 0 Å². The molecule has 0 aliphatic carbocycles. The van der Waals surface area contributed by atoms with Gasteiger partial charge in [-0.05, 0) is 37.1 Å². The third-order valence-corrected chi connectivity index (χ3v) is 5.93. The largest absolute Gasteiger partial charge is 0.432 e. The van der Waals surface area contributed by atoms with Gasteiger partial charge >= 0.3 is 0 Å². The first kappa shape index (κ1) is 13.5. The van der Waals surface area contributed by atoms with Crippen LogP contribution in [-0.4, -0.2) is 12.0 Å². The molecule has 1 unspecified atom stereocenters. The molecule has 1 N–H and O–H groups in total. The molecule has 2 rings (SSSR count). The van der Waals surface area contributed by atoms with Crippen molar-refractivity contribution in [3.8, 4) is 5.88 Å². The van der Waals surface area contributed by atoms with Crippen molar-refractivity contribution < 1.29 is 4.52 Å². The highest BCUT2D eigenvalue weighted by atomic mass is 35.5. The Morgan fingerprint density at radius 2 is 1.89 bits per heavy atom. The van der Waals surface area contributed by atoms with E-state index in [1.165, 1.54) is 0 Å². The van der Waals surface area contributed by atoms with E-state index in [1.807, 2.05) is 30.3 Å². The molecule has 0 amide bonds. The van der Waals surface area contributed by atoms with E-state index in [1.54, 1.807) is 25.2 Å². The second-order valence-corrected chi connectivity index (χ2v) is 7.68. The summed E-state index contributed by atoms with van der Waals surface area (Å²) in [6, 6.07) is 14.9. The highest BCUT2D eigenvalue weighted by molar-refractivity contribution is 8.15. The van der Waals surface area contributed by atoms with E-state index in [4.69, 9.17) is 27.9 Å². The number of pyridine rings is 1. The molecule has 0 radical (unpaired) electrons. The van der Waals surface area contributed by atoms with E-state index < -0.39 is 6.42 Å². The van der Waals surface area contributed by atoms with Crippen LogP contribution >= 0.6 is 18.0 Å². The Kier molecular flexibility index (Phi) is 4.36. The van der Waals surface area contributed by atoms with Crippen LogP contribution in [0.2, 0.25) is 5.15 Å². The molecule has 0 saturated carbocycles. The van der Waals surface area contributed by atoms with Crippen LogP contribution in [-0.2, 0) is 11.8 Å². The molecule has 0 aliphatic heterocycles. The van der Waals surface area contributed by atoms with Gasteiger partial charge in [0, 0.05) is 11.4 Å². The molecule has 2 aromatic rings. The van der Waals surface area contributed by atoms with Gasteiger partial charge in [0.25, 0.3) is 0 Å². The van der Waals surface area contributed by atoms with Gasteiger partial charge in [-0.1, -0.05) is 35.9 Å². The average Bonchev–Trinajstić information content (AvgIpc) is 2.39. The van der Waals surface area contributed by atoms with Gasteiger partial charge in [0.05, 0.1) is 0 Å². The molecule has 1 heterocycles. The highest BCUT2D eigenvalue weighted by Crippen LogP contribution is 2.41. The fraction of sp³-hybridized carbons (Fsp3) is 0.0833. The van der Waals surface area contributed by atoms with Crippen molar-refractivity contribution in [1.29, 1.82) is 0 Å². The molecule has 94 valence electrons. The first-order valence-corrected chi connectivity index (χ1v) is 8.41. The molecular formula is C12H12ClN2OPS. The lowest BCUT2D eigenvalue weighted by molar-refractivity contribution is 0.584. The standard InChI is InChI=1S/C12H12ClN2OPS/c1-14-17(18,10-6-3-2-4-7-10)16-12-9-5-8-11(13)15-12/h2-9H,1H3,(H,14,18). The van der Waals surface area contributed by atoms with Crippen LogP contribution in [0.25, 0.3) is 0 Å². The van der Waals surface area contributed by atoms with Gasteiger partial charge in [-0.15, -0.1) is 0 Å². The third kappa shape index (κ3) is 3.09. The Morgan fingerprint density at radius 3 is 2.50 bits per heavy atom. The summed E-state index contributed by atoms with van der Waals surface area (Å²) in [5.74, 6) is 0.434. The molecule has 1 aromatic heterocycles. The van der Waals surface area contributed by atoms with Gasteiger partial charge in [0.15, 0.2) is 0 Å². The predicted octanol–water partition coefficient (Wildman–Crippen LogP) is 2.97. The number of hydrogen-bond donors (Lipinski definition) is 1. The van der Waals surface area contributed by atoms with E-state index in [0.717, 1.165) is 5.30 Å². The molecule has 0 aliphatic rings. The minimum absolute atomic E-state index is 0.387. The zero-order valence-corrected chi connectivity index (χ0v) is 12.2. The summed E-state index contributed by atoms with van der Waals surface area (Å²) in [4.78, 5) is 4.10. The molecule has 0 saturated heterocycles. The van der Waals surface area contributed by atoms with Crippen LogP contribution in [0, 0.1) is 0 Å². The first-order valence-electron chi connectivity index (χ1n) is 5.31. The van der Waals surface area contributed by atoms with Crippen LogP contribution in [0.1, 0.15) is 0 Å². The van der Waals surface area contributed by atoms with Crippen LogP contribution in [0.4, 0.5) is 0 Å². The van der Waals surface area contributed by atoms with Gasteiger partial charge in [0.1, 0.15) is 5.15 Å². The Labute approximate surface area is 116 Å². The molecule has 18 heavy (non-hydrogen) atoms. The monoisotopic (exact) mass is 298 g/mol. The first-order chi connectivity index (χ1) is 8.64. The Balaban J connectivity index is 2.32. The number of rotatable bonds is 4. The SMILES string of the molecule is CNP(=S)(Oc1cccc(Cl)n1)c1ccccc1. The van der Waals surface area contributed by atoms with Crippen molar-refractivity contribution in [1.82, 2.24) is 10.1 Å². The fourth-order valence-electron chi connectivity index (χ4n) is 1.42. The van der Waals surface area contributed by atoms with Gasteiger partial charge in [-0.2, -0.15) is 0 Å². The lowest BCUT2D eigenvalue weighted by Crippen LogP contribution is -2.19. The van der Waals surface area contributed by atoms with E-state index in [9.17, 15) is 0 Å². The summed E-state index contributed by atoms with van der Waals surface area (Å²) in [5, 5.41) is 4.42. The van der Waals surface area contributed by atoms with Gasteiger partial charge < -0.3 is 4.52 Å². The van der Waals surface area contributed by atoms with Crippen LogP contribution in [0.15, 0.2) is 48.5 Å². The summed E-state index contributed by atoms with van der Waals surface area (Å²) >= 11 is 11.4. The summed E-state index contributed by atoms with van der Waals surface area (Å²) in [7, 11) is 1.79. The predicted molar refractivity (Wildman–Crippen MR) is 79.3 cm³/mol. The number of nitrogens with zero attached hydrogens (tertiary/aromatic N) is 1. The maximum Gasteiger partial charge on any atom is 0.219 e. The van der Waals surface area contributed by atoms with Crippen LogP contribution in [0.3, 0.4) is 0 Å². The quantitative estimate of drug-likeness (QED) is 0.695. The summed E-state index contributed by atoms with van der Waals surface area (Å²) < 4.78 is 5.84. The second kappa shape index (κ2) is 5.81. The van der Waals surface area contributed by atoms with Crippen molar-refractivity contribution >= 4 is 35.1 Å². The second-order valence-electron chi connectivity index (χ2n) is 3.50. The Hall–Kier alpha value is -0.930. The fourth-order valence-corrected chi connectivity index (χ4v) is 3.56.